The molecule has 0 aliphatic carbocycles. The average molecular weight is 289 g/mol. The molecule has 2 N–H and O–H groups in total. The van der Waals surface area contributed by atoms with Crippen molar-refractivity contribution < 1.29 is 14.3 Å². The maximum atomic E-state index is 12.1. The molecule has 0 radical (unpaired) electrons. The molecule has 1 aromatic rings. The minimum atomic E-state index is -0.291. The van der Waals surface area contributed by atoms with Crippen LogP contribution in [-0.2, 0) is 4.79 Å². The number of urea groups is 1. The minimum absolute atomic E-state index is 0.0164. The van der Waals surface area contributed by atoms with Crippen molar-refractivity contribution in [1.29, 1.82) is 0 Å². The van der Waals surface area contributed by atoms with Crippen molar-refractivity contribution in [2.24, 2.45) is 0 Å². The Hall–Kier alpha value is -2.50. The van der Waals surface area contributed by atoms with Gasteiger partial charge in [0.2, 0.25) is 5.91 Å². The van der Waals surface area contributed by atoms with Crippen LogP contribution < -0.4 is 20.3 Å². The van der Waals surface area contributed by atoms with E-state index in [2.05, 4.69) is 17.2 Å². The predicted molar refractivity (Wildman–Crippen MR) is 80.5 cm³/mol. The first-order valence-electron chi connectivity index (χ1n) is 6.73. The molecule has 3 amide bonds. The number of carbonyl (C=O) groups excluding carboxylic acids is 2. The summed E-state index contributed by atoms with van der Waals surface area (Å²) in [5, 5.41) is 5.41. The highest BCUT2D eigenvalue weighted by Crippen LogP contribution is 2.25. The van der Waals surface area contributed by atoms with Crippen LogP contribution in [0, 0.1) is 0 Å². The summed E-state index contributed by atoms with van der Waals surface area (Å²) in [6, 6.07) is 6.81. The molecule has 1 atom stereocenters. The summed E-state index contributed by atoms with van der Waals surface area (Å²) < 4.78 is 5.16. The van der Waals surface area contributed by atoms with E-state index >= 15 is 0 Å². The van der Waals surface area contributed by atoms with Crippen LogP contribution in [0.3, 0.4) is 0 Å². The standard InChI is InChI=1S/C15H19N3O3/c1-3-7-16-15(20)17-11-8-14(19)18(10-11)12-5-4-6-13(9-12)21-2/h3-6,9,11H,1,7-8,10H2,2H3,(H2,16,17,20). The van der Waals surface area contributed by atoms with Crippen molar-refractivity contribution >= 4 is 17.6 Å². The molecule has 1 heterocycles. The van der Waals surface area contributed by atoms with E-state index in [1.54, 1.807) is 24.2 Å². The Morgan fingerprint density at radius 3 is 3.10 bits per heavy atom. The second-order valence-corrected chi connectivity index (χ2v) is 4.75. The van der Waals surface area contributed by atoms with E-state index in [1.807, 2.05) is 18.2 Å². The lowest BCUT2D eigenvalue weighted by Crippen LogP contribution is -2.43. The zero-order chi connectivity index (χ0) is 15.2. The van der Waals surface area contributed by atoms with Crippen LogP contribution in [0.1, 0.15) is 6.42 Å². The molecule has 21 heavy (non-hydrogen) atoms. The second kappa shape index (κ2) is 6.78. The predicted octanol–water partition coefficient (Wildman–Crippen LogP) is 1.29. The molecule has 1 aliphatic rings. The second-order valence-electron chi connectivity index (χ2n) is 4.75. The summed E-state index contributed by atoms with van der Waals surface area (Å²) in [5.74, 6) is 0.678. The number of carbonyl (C=O) groups is 2. The monoisotopic (exact) mass is 289 g/mol. The number of nitrogens with zero attached hydrogens (tertiary/aromatic N) is 1. The van der Waals surface area contributed by atoms with Crippen molar-refractivity contribution in [3.05, 3.63) is 36.9 Å². The zero-order valence-electron chi connectivity index (χ0n) is 12.0. The van der Waals surface area contributed by atoms with Gasteiger partial charge in [0, 0.05) is 31.3 Å². The van der Waals surface area contributed by atoms with E-state index in [0.29, 0.717) is 25.3 Å². The average Bonchev–Trinajstić information content (AvgIpc) is 2.85. The molecule has 0 spiro atoms. The van der Waals surface area contributed by atoms with E-state index in [4.69, 9.17) is 4.74 Å². The molecule has 0 bridgehead atoms. The summed E-state index contributed by atoms with van der Waals surface area (Å²) in [5.41, 5.74) is 0.773. The molecule has 1 aliphatic heterocycles. The molecule has 0 saturated carbocycles. The van der Waals surface area contributed by atoms with Gasteiger partial charge in [0.15, 0.2) is 0 Å². The summed E-state index contributed by atoms with van der Waals surface area (Å²) in [7, 11) is 1.58. The van der Waals surface area contributed by atoms with E-state index in [9.17, 15) is 9.59 Å². The highest BCUT2D eigenvalue weighted by Gasteiger charge is 2.31. The van der Waals surface area contributed by atoms with Gasteiger partial charge in [-0.05, 0) is 12.1 Å². The third-order valence-corrected chi connectivity index (χ3v) is 3.23. The Morgan fingerprint density at radius 1 is 1.57 bits per heavy atom. The van der Waals surface area contributed by atoms with Gasteiger partial charge in [-0.15, -0.1) is 6.58 Å². The first-order valence-corrected chi connectivity index (χ1v) is 6.73. The number of rotatable bonds is 5. The first-order chi connectivity index (χ1) is 10.1. The molecule has 6 nitrogen and oxygen atoms in total. The largest absolute Gasteiger partial charge is 0.497 e. The third-order valence-electron chi connectivity index (χ3n) is 3.23. The topological polar surface area (TPSA) is 70.7 Å². The van der Waals surface area contributed by atoms with Crippen LogP contribution in [-0.4, -0.2) is 38.2 Å². The molecule has 1 unspecified atom stereocenters. The highest BCUT2D eigenvalue weighted by molar-refractivity contribution is 5.97. The SMILES string of the molecule is C=CCNC(=O)NC1CC(=O)N(c2cccc(OC)c2)C1. The number of ether oxygens (including phenoxy) is 1. The van der Waals surface area contributed by atoms with Gasteiger partial charge in [-0.2, -0.15) is 0 Å². The van der Waals surface area contributed by atoms with Gasteiger partial charge in [0.25, 0.3) is 0 Å². The quantitative estimate of drug-likeness (QED) is 0.802. The summed E-state index contributed by atoms with van der Waals surface area (Å²) >= 11 is 0. The van der Waals surface area contributed by atoms with E-state index in [-0.39, 0.29) is 18.0 Å². The minimum Gasteiger partial charge on any atom is -0.497 e. The van der Waals surface area contributed by atoms with E-state index in [0.717, 1.165) is 5.69 Å². The van der Waals surface area contributed by atoms with Crippen molar-refractivity contribution in [2.45, 2.75) is 12.5 Å². The Balaban J connectivity index is 1.99. The van der Waals surface area contributed by atoms with Gasteiger partial charge in [-0.3, -0.25) is 4.79 Å². The van der Waals surface area contributed by atoms with Crippen LogP contribution in [0.25, 0.3) is 0 Å². The number of nitrogens with one attached hydrogen (secondary N) is 2. The number of methoxy groups -OCH3 is 1. The number of anilines is 1. The zero-order valence-corrected chi connectivity index (χ0v) is 12.0. The van der Waals surface area contributed by atoms with Crippen molar-refractivity contribution in [2.75, 3.05) is 25.1 Å². The molecule has 112 valence electrons. The van der Waals surface area contributed by atoms with Crippen molar-refractivity contribution in [3.8, 4) is 5.75 Å². The molecular weight excluding hydrogens is 270 g/mol. The lowest BCUT2D eigenvalue weighted by atomic mass is 10.2. The van der Waals surface area contributed by atoms with Gasteiger partial charge in [0.1, 0.15) is 5.75 Å². The number of hydrogen-bond acceptors (Lipinski definition) is 3. The van der Waals surface area contributed by atoms with Gasteiger partial charge in [-0.1, -0.05) is 12.1 Å². The fraction of sp³-hybridized carbons (Fsp3) is 0.333. The van der Waals surface area contributed by atoms with Crippen LogP contribution in [0.15, 0.2) is 36.9 Å². The molecule has 2 rings (SSSR count). The lowest BCUT2D eigenvalue weighted by molar-refractivity contribution is -0.117. The molecule has 1 aromatic carbocycles. The van der Waals surface area contributed by atoms with Gasteiger partial charge in [0.05, 0.1) is 13.2 Å². The van der Waals surface area contributed by atoms with Crippen LogP contribution in [0.4, 0.5) is 10.5 Å². The highest BCUT2D eigenvalue weighted by atomic mass is 16.5. The fourth-order valence-corrected chi connectivity index (χ4v) is 2.23. The Kier molecular flexibility index (Phi) is 4.81. The van der Waals surface area contributed by atoms with Crippen LogP contribution in [0.5, 0.6) is 5.75 Å². The summed E-state index contributed by atoms with van der Waals surface area (Å²) in [6.07, 6.45) is 1.89. The van der Waals surface area contributed by atoms with Gasteiger partial charge >= 0.3 is 6.03 Å². The Bertz CT molecular complexity index is 545. The first kappa shape index (κ1) is 14.9. The number of hydrogen-bond donors (Lipinski definition) is 2. The maximum Gasteiger partial charge on any atom is 0.315 e. The molecular formula is C15H19N3O3. The van der Waals surface area contributed by atoms with E-state index in [1.165, 1.54) is 0 Å². The Morgan fingerprint density at radius 2 is 2.38 bits per heavy atom. The normalized spacial score (nSPS) is 17.5. The van der Waals surface area contributed by atoms with Crippen molar-refractivity contribution in [3.63, 3.8) is 0 Å². The van der Waals surface area contributed by atoms with E-state index < -0.39 is 0 Å². The smallest absolute Gasteiger partial charge is 0.315 e. The van der Waals surface area contributed by atoms with Crippen molar-refractivity contribution in [1.82, 2.24) is 10.6 Å². The van der Waals surface area contributed by atoms with Crippen LogP contribution >= 0.6 is 0 Å². The van der Waals surface area contributed by atoms with Crippen LogP contribution in [0.2, 0.25) is 0 Å². The number of benzene rings is 1. The molecule has 1 fully saturated rings. The molecule has 1 saturated heterocycles. The maximum absolute atomic E-state index is 12.1. The Labute approximate surface area is 123 Å². The third kappa shape index (κ3) is 3.75. The van der Waals surface area contributed by atoms with Gasteiger partial charge < -0.3 is 20.3 Å². The summed E-state index contributed by atoms with van der Waals surface area (Å²) in [4.78, 5) is 25.3. The molecule has 6 heteroatoms. The number of amides is 3. The lowest BCUT2D eigenvalue weighted by Gasteiger charge is -2.18. The van der Waals surface area contributed by atoms with Gasteiger partial charge in [-0.25, -0.2) is 4.79 Å². The summed E-state index contributed by atoms with van der Waals surface area (Å²) in [6.45, 7) is 4.37. The molecule has 0 aromatic heterocycles. The fourth-order valence-electron chi connectivity index (χ4n) is 2.23.